The van der Waals surface area contributed by atoms with Crippen LogP contribution in [0.4, 0.5) is 0 Å². The van der Waals surface area contributed by atoms with Gasteiger partial charge in [-0.25, -0.2) is 4.79 Å². The monoisotopic (exact) mass is 442 g/mol. The standard InChI is InChI=1S/C17H30N8O6/c18-9(3-1-5-22-17(20)21)14(28)23-8-13(27)24-10(7-12(19)26)15(29)25-6-2-4-11(25)16(30)31/h9-11H,1-8,18H2,(H2,19,26)(H,23,28)(H,24,27)(H,30,31)(H4,20,21,22). The summed E-state index contributed by atoms with van der Waals surface area (Å²) in [6.07, 6.45) is 0.977. The van der Waals surface area contributed by atoms with Crippen molar-refractivity contribution >= 4 is 35.6 Å². The average molecular weight is 442 g/mol. The Morgan fingerprint density at radius 1 is 1.16 bits per heavy atom. The first kappa shape index (κ1) is 25.6. The lowest BCUT2D eigenvalue weighted by molar-refractivity contribution is -0.149. The van der Waals surface area contributed by atoms with Gasteiger partial charge in [0.05, 0.1) is 19.0 Å². The molecule has 14 nitrogen and oxygen atoms in total. The summed E-state index contributed by atoms with van der Waals surface area (Å²) < 4.78 is 0. The van der Waals surface area contributed by atoms with Crippen molar-refractivity contribution in [2.45, 2.75) is 50.2 Å². The molecule has 174 valence electrons. The van der Waals surface area contributed by atoms with Gasteiger partial charge in [0.25, 0.3) is 0 Å². The number of hydrogen-bond acceptors (Lipinski definition) is 7. The Kier molecular flexibility index (Phi) is 10.2. The smallest absolute Gasteiger partial charge is 0.326 e. The normalized spacial score (nSPS) is 17.3. The van der Waals surface area contributed by atoms with Gasteiger partial charge in [0.2, 0.25) is 23.6 Å². The molecule has 11 N–H and O–H groups in total. The Labute approximate surface area is 178 Å². The van der Waals surface area contributed by atoms with Crippen molar-refractivity contribution in [1.82, 2.24) is 15.5 Å². The lowest BCUT2D eigenvalue weighted by atomic mass is 10.1. The maximum atomic E-state index is 12.7. The van der Waals surface area contributed by atoms with Crippen LogP contribution < -0.4 is 33.6 Å². The third kappa shape index (κ3) is 8.86. The van der Waals surface area contributed by atoms with Gasteiger partial charge in [-0.05, 0) is 25.7 Å². The number of carbonyl (C=O) groups is 5. The fraction of sp³-hybridized carbons (Fsp3) is 0.647. The number of carboxylic acid groups (broad SMARTS) is 1. The number of aliphatic imine (C=N–C) groups is 1. The lowest BCUT2D eigenvalue weighted by Crippen LogP contribution is -2.54. The molecule has 1 aliphatic heterocycles. The first-order valence-electron chi connectivity index (χ1n) is 9.72. The first-order valence-corrected chi connectivity index (χ1v) is 9.72. The fourth-order valence-electron chi connectivity index (χ4n) is 3.08. The number of aliphatic carboxylic acids is 1. The molecule has 3 unspecified atom stereocenters. The number of hydrogen-bond donors (Lipinski definition) is 7. The van der Waals surface area contributed by atoms with Crippen LogP contribution in [0.2, 0.25) is 0 Å². The van der Waals surface area contributed by atoms with Crippen LogP contribution in [0, 0.1) is 0 Å². The molecule has 1 heterocycles. The van der Waals surface area contributed by atoms with Crippen molar-refractivity contribution in [3.8, 4) is 0 Å². The predicted octanol–water partition coefficient (Wildman–Crippen LogP) is -4.08. The van der Waals surface area contributed by atoms with Crippen LogP contribution in [0.3, 0.4) is 0 Å². The van der Waals surface area contributed by atoms with Crippen LogP contribution in [0.5, 0.6) is 0 Å². The molecule has 31 heavy (non-hydrogen) atoms. The zero-order valence-corrected chi connectivity index (χ0v) is 17.1. The Bertz CT molecular complexity index is 723. The molecule has 1 saturated heterocycles. The summed E-state index contributed by atoms with van der Waals surface area (Å²) in [5, 5.41) is 13.9. The number of primary amides is 1. The zero-order chi connectivity index (χ0) is 23.6. The van der Waals surface area contributed by atoms with E-state index in [1.807, 2.05) is 0 Å². The lowest BCUT2D eigenvalue weighted by Gasteiger charge is -2.26. The number of nitrogens with one attached hydrogen (secondary N) is 2. The highest BCUT2D eigenvalue weighted by atomic mass is 16.4. The molecule has 0 saturated carbocycles. The van der Waals surface area contributed by atoms with E-state index >= 15 is 0 Å². The highest BCUT2D eigenvalue weighted by Crippen LogP contribution is 2.19. The van der Waals surface area contributed by atoms with E-state index in [0.29, 0.717) is 19.4 Å². The van der Waals surface area contributed by atoms with Gasteiger partial charge in [0, 0.05) is 13.1 Å². The van der Waals surface area contributed by atoms with Crippen molar-refractivity contribution in [1.29, 1.82) is 0 Å². The predicted molar refractivity (Wildman–Crippen MR) is 109 cm³/mol. The van der Waals surface area contributed by atoms with Crippen LogP contribution in [0.1, 0.15) is 32.1 Å². The Morgan fingerprint density at radius 2 is 1.84 bits per heavy atom. The van der Waals surface area contributed by atoms with Gasteiger partial charge in [-0.1, -0.05) is 0 Å². The van der Waals surface area contributed by atoms with Gasteiger partial charge in [-0.15, -0.1) is 0 Å². The van der Waals surface area contributed by atoms with Crippen molar-refractivity contribution in [3.05, 3.63) is 0 Å². The molecule has 0 aromatic rings. The van der Waals surface area contributed by atoms with Gasteiger partial charge in [-0.2, -0.15) is 0 Å². The molecule has 3 atom stereocenters. The SMILES string of the molecule is NC(=O)CC(NC(=O)CNC(=O)C(N)CCCN=C(N)N)C(=O)N1CCCC1C(=O)O. The number of nitrogens with zero attached hydrogens (tertiary/aromatic N) is 2. The molecular formula is C17H30N8O6. The number of rotatable bonds is 12. The summed E-state index contributed by atoms with van der Waals surface area (Å²) >= 11 is 0. The van der Waals surface area contributed by atoms with Crippen LogP contribution in [0.15, 0.2) is 4.99 Å². The van der Waals surface area contributed by atoms with Crippen LogP contribution in [0.25, 0.3) is 0 Å². The molecule has 1 fully saturated rings. The minimum Gasteiger partial charge on any atom is -0.480 e. The molecule has 14 heteroatoms. The summed E-state index contributed by atoms with van der Waals surface area (Å²) in [5.74, 6) is -4.17. The van der Waals surface area contributed by atoms with Crippen LogP contribution >= 0.6 is 0 Å². The molecule has 0 aromatic heterocycles. The number of guanidine groups is 1. The average Bonchev–Trinajstić information content (AvgIpc) is 3.17. The second-order valence-corrected chi connectivity index (χ2v) is 7.09. The van der Waals surface area contributed by atoms with E-state index in [1.54, 1.807) is 0 Å². The van der Waals surface area contributed by atoms with E-state index in [4.69, 9.17) is 22.9 Å². The minimum atomic E-state index is -1.34. The Hall–Kier alpha value is -3.42. The van der Waals surface area contributed by atoms with Crippen LogP contribution in [-0.2, 0) is 24.0 Å². The number of nitrogens with two attached hydrogens (primary N) is 4. The van der Waals surface area contributed by atoms with Crippen molar-refractivity contribution in [3.63, 3.8) is 0 Å². The summed E-state index contributed by atoms with van der Waals surface area (Å²) in [6.45, 7) is -0.00768. The summed E-state index contributed by atoms with van der Waals surface area (Å²) in [5.41, 5.74) is 21.3. The molecule has 0 spiro atoms. The third-order valence-corrected chi connectivity index (χ3v) is 4.59. The van der Waals surface area contributed by atoms with E-state index in [9.17, 15) is 29.1 Å². The highest BCUT2D eigenvalue weighted by Gasteiger charge is 2.38. The molecule has 1 aliphatic rings. The number of carbonyl (C=O) groups excluding carboxylic acids is 4. The van der Waals surface area contributed by atoms with E-state index in [1.165, 1.54) is 0 Å². The van der Waals surface area contributed by atoms with Gasteiger partial charge in [-0.3, -0.25) is 24.2 Å². The molecule has 0 aromatic carbocycles. The number of carboxylic acids is 1. The molecule has 0 radical (unpaired) electrons. The van der Waals surface area contributed by atoms with E-state index in [2.05, 4.69) is 15.6 Å². The van der Waals surface area contributed by atoms with Crippen molar-refractivity contribution in [2.24, 2.45) is 27.9 Å². The highest BCUT2D eigenvalue weighted by molar-refractivity contribution is 5.95. The number of likely N-dealkylation sites (tertiary alicyclic amines) is 1. The van der Waals surface area contributed by atoms with E-state index in [-0.39, 0.29) is 25.3 Å². The minimum absolute atomic E-state index is 0.0710. The maximum absolute atomic E-state index is 12.7. The Balaban J connectivity index is 2.59. The largest absolute Gasteiger partial charge is 0.480 e. The molecule has 0 aliphatic carbocycles. The second kappa shape index (κ2) is 12.3. The van der Waals surface area contributed by atoms with E-state index in [0.717, 1.165) is 4.90 Å². The maximum Gasteiger partial charge on any atom is 0.326 e. The van der Waals surface area contributed by atoms with Crippen LogP contribution in [-0.4, -0.2) is 83.3 Å². The molecule has 1 rings (SSSR count). The fourth-order valence-corrected chi connectivity index (χ4v) is 3.08. The van der Waals surface area contributed by atoms with Gasteiger partial charge >= 0.3 is 5.97 Å². The van der Waals surface area contributed by atoms with Gasteiger partial charge in [0.1, 0.15) is 12.1 Å². The van der Waals surface area contributed by atoms with E-state index < -0.39 is 60.7 Å². The topological polar surface area (TPSA) is 249 Å². The molecular weight excluding hydrogens is 412 g/mol. The zero-order valence-electron chi connectivity index (χ0n) is 17.1. The second-order valence-electron chi connectivity index (χ2n) is 7.09. The molecule has 4 amide bonds. The quantitative estimate of drug-likeness (QED) is 0.0880. The first-order chi connectivity index (χ1) is 14.5. The summed E-state index contributed by atoms with van der Waals surface area (Å²) in [4.78, 5) is 64.3. The van der Waals surface area contributed by atoms with Gasteiger partial charge < -0.3 is 43.6 Å². The summed E-state index contributed by atoms with van der Waals surface area (Å²) in [6, 6.07) is -3.27. The van der Waals surface area contributed by atoms with Gasteiger partial charge in [0.15, 0.2) is 5.96 Å². The van der Waals surface area contributed by atoms with Crippen molar-refractivity contribution < 1.29 is 29.1 Å². The molecule has 0 bridgehead atoms. The third-order valence-electron chi connectivity index (χ3n) is 4.59. The Morgan fingerprint density at radius 3 is 2.42 bits per heavy atom. The summed E-state index contributed by atoms with van der Waals surface area (Å²) in [7, 11) is 0. The van der Waals surface area contributed by atoms with Crippen molar-refractivity contribution in [2.75, 3.05) is 19.6 Å². The number of amides is 4.